The number of anilines is 1. The van der Waals surface area contributed by atoms with Crippen LogP contribution in [-0.4, -0.2) is 60.7 Å². The first kappa shape index (κ1) is 26.3. The third kappa shape index (κ3) is 5.78. The van der Waals surface area contributed by atoms with E-state index in [9.17, 15) is 9.59 Å². The van der Waals surface area contributed by atoms with Gasteiger partial charge in [-0.05, 0) is 37.3 Å². The molecule has 0 atom stereocenters. The quantitative estimate of drug-likeness (QED) is 0.331. The van der Waals surface area contributed by atoms with E-state index in [0.717, 1.165) is 5.56 Å². The van der Waals surface area contributed by atoms with Crippen LogP contribution in [0.3, 0.4) is 0 Å². The number of benzene rings is 3. The summed E-state index contributed by atoms with van der Waals surface area (Å²) >= 11 is 0. The molecule has 4 rings (SSSR count). The normalized spacial score (nSPS) is 10.5. The van der Waals surface area contributed by atoms with Crippen LogP contribution in [0, 0.1) is 0 Å². The van der Waals surface area contributed by atoms with E-state index in [1.54, 1.807) is 62.3 Å². The number of rotatable bonds is 10. The zero-order valence-electron chi connectivity index (χ0n) is 21.8. The van der Waals surface area contributed by atoms with E-state index in [-0.39, 0.29) is 18.4 Å². The van der Waals surface area contributed by atoms with Crippen molar-refractivity contribution < 1.29 is 23.8 Å². The number of nitrogens with one attached hydrogen (secondary N) is 1. The number of aromatic nitrogens is 2. The summed E-state index contributed by atoms with van der Waals surface area (Å²) < 4.78 is 17.8. The van der Waals surface area contributed by atoms with Gasteiger partial charge >= 0.3 is 0 Å². The van der Waals surface area contributed by atoms with E-state index in [1.807, 2.05) is 49.5 Å². The number of amides is 2. The summed E-state index contributed by atoms with van der Waals surface area (Å²) in [5, 5.41) is 2.88. The number of methoxy groups -OCH3 is 3. The first-order valence-electron chi connectivity index (χ1n) is 12.1. The highest BCUT2D eigenvalue weighted by molar-refractivity contribution is 5.99. The number of imidazole rings is 1. The summed E-state index contributed by atoms with van der Waals surface area (Å²) in [4.78, 5) is 32.4. The van der Waals surface area contributed by atoms with Gasteiger partial charge in [0.05, 0.1) is 32.7 Å². The van der Waals surface area contributed by atoms with E-state index in [0.29, 0.717) is 46.7 Å². The number of carbonyl (C=O) groups excluding carboxylic acids is 2. The largest absolute Gasteiger partial charge is 0.497 e. The minimum Gasteiger partial charge on any atom is -0.497 e. The summed E-state index contributed by atoms with van der Waals surface area (Å²) in [6.07, 6.45) is 1.84. The topological polar surface area (TPSA) is 94.9 Å². The van der Waals surface area contributed by atoms with Crippen molar-refractivity contribution in [3.05, 3.63) is 84.6 Å². The highest BCUT2D eigenvalue weighted by Gasteiger charge is 2.20. The molecule has 0 radical (unpaired) electrons. The molecule has 38 heavy (non-hydrogen) atoms. The van der Waals surface area contributed by atoms with Crippen LogP contribution in [0.1, 0.15) is 17.3 Å². The maximum atomic E-state index is 13.2. The third-order valence-corrected chi connectivity index (χ3v) is 5.99. The summed E-state index contributed by atoms with van der Waals surface area (Å²) in [5.74, 6) is 1.36. The van der Waals surface area contributed by atoms with Crippen LogP contribution in [0.15, 0.2) is 79.0 Å². The molecule has 1 N–H and O–H groups in total. The van der Waals surface area contributed by atoms with Crippen LogP contribution in [0.4, 0.5) is 5.95 Å². The molecule has 0 saturated carbocycles. The Labute approximate surface area is 221 Å². The van der Waals surface area contributed by atoms with E-state index >= 15 is 0 Å². The van der Waals surface area contributed by atoms with Crippen molar-refractivity contribution in [2.45, 2.75) is 6.92 Å². The number of nitrogens with zero attached hydrogens (tertiary/aromatic N) is 3. The van der Waals surface area contributed by atoms with Crippen LogP contribution >= 0.6 is 0 Å². The molecule has 0 aliphatic heterocycles. The molecule has 1 aromatic heterocycles. The molecule has 0 aliphatic carbocycles. The van der Waals surface area contributed by atoms with Crippen molar-refractivity contribution in [1.29, 1.82) is 0 Å². The second kappa shape index (κ2) is 12.0. The average Bonchev–Trinajstić information content (AvgIpc) is 3.39. The molecular weight excluding hydrogens is 484 g/mol. The number of hydrogen-bond donors (Lipinski definition) is 1. The molecule has 3 aromatic carbocycles. The molecule has 0 bridgehead atoms. The lowest BCUT2D eigenvalue weighted by atomic mass is 10.2. The summed E-state index contributed by atoms with van der Waals surface area (Å²) in [6, 6.07) is 21.9. The summed E-state index contributed by atoms with van der Waals surface area (Å²) in [7, 11) is 4.67. The molecule has 196 valence electrons. The molecule has 1 heterocycles. The fourth-order valence-corrected chi connectivity index (χ4v) is 3.99. The fourth-order valence-electron chi connectivity index (χ4n) is 3.99. The Morgan fingerprint density at radius 1 is 0.895 bits per heavy atom. The van der Waals surface area contributed by atoms with Gasteiger partial charge < -0.3 is 19.1 Å². The number of carbonyl (C=O) groups is 2. The van der Waals surface area contributed by atoms with Gasteiger partial charge in [-0.25, -0.2) is 4.98 Å². The van der Waals surface area contributed by atoms with Gasteiger partial charge in [-0.15, -0.1) is 0 Å². The first-order chi connectivity index (χ1) is 18.5. The summed E-state index contributed by atoms with van der Waals surface area (Å²) in [5.41, 5.74) is 2.73. The smallest absolute Gasteiger partial charge is 0.254 e. The highest BCUT2D eigenvalue weighted by atomic mass is 16.5. The SMILES string of the molecule is CCN(CC(=O)Nc1nc(-c2ccccc2)cn1-c1ccc(OC)c(OC)c1)C(=O)c1cccc(OC)c1. The molecule has 0 fully saturated rings. The van der Waals surface area contributed by atoms with Crippen LogP contribution in [0.2, 0.25) is 0 Å². The average molecular weight is 515 g/mol. The second-order valence-corrected chi connectivity index (χ2v) is 8.32. The van der Waals surface area contributed by atoms with Gasteiger partial charge in [0.1, 0.15) is 12.3 Å². The molecule has 4 aromatic rings. The van der Waals surface area contributed by atoms with Gasteiger partial charge in [0.2, 0.25) is 11.9 Å². The Morgan fingerprint density at radius 3 is 2.34 bits per heavy atom. The molecule has 0 unspecified atom stereocenters. The molecule has 9 nitrogen and oxygen atoms in total. The number of likely N-dealkylation sites (N-methyl/N-ethyl adjacent to an activating group) is 1. The molecule has 2 amide bonds. The monoisotopic (exact) mass is 514 g/mol. The van der Waals surface area contributed by atoms with Gasteiger partial charge in [0, 0.05) is 29.9 Å². The fraction of sp³-hybridized carbons (Fsp3) is 0.207. The van der Waals surface area contributed by atoms with E-state index in [1.165, 1.54) is 4.90 Å². The molecular formula is C29H30N4O5. The van der Waals surface area contributed by atoms with Crippen molar-refractivity contribution in [3.63, 3.8) is 0 Å². The minimum absolute atomic E-state index is 0.147. The van der Waals surface area contributed by atoms with Crippen LogP contribution < -0.4 is 19.5 Å². The predicted molar refractivity (Wildman–Crippen MR) is 145 cm³/mol. The van der Waals surface area contributed by atoms with Crippen LogP contribution in [0.5, 0.6) is 17.2 Å². The molecule has 0 aliphatic rings. The second-order valence-electron chi connectivity index (χ2n) is 8.32. The van der Waals surface area contributed by atoms with Gasteiger partial charge in [0.15, 0.2) is 11.5 Å². The molecule has 9 heteroatoms. The number of hydrogen-bond acceptors (Lipinski definition) is 6. The first-order valence-corrected chi connectivity index (χ1v) is 12.1. The Balaban J connectivity index is 1.62. The zero-order chi connectivity index (χ0) is 27.1. The Kier molecular flexibility index (Phi) is 8.27. The van der Waals surface area contributed by atoms with E-state index in [2.05, 4.69) is 5.32 Å². The van der Waals surface area contributed by atoms with Crippen molar-refractivity contribution in [1.82, 2.24) is 14.5 Å². The van der Waals surface area contributed by atoms with Gasteiger partial charge in [-0.2, -0.15) is 0 Å². The maximum absolute atomic E-state index is 13.2. The zero-order valence-corrected chi connectivity index (χ0v) is 21.8. The molecule has 0 saturated heterocycles. The van der Waals surface area contributed by atoms with Crippen molar-refractivity contribution in [2.75, 3.05) is 39.7 Å². The van der Waals surface area contributed by atoms with Crippen molar-refractivity contribution in [3.8, 4) is 34.2 Å². The predicted octanol–water partition coefficient (Wildman–Crippen LogP) is 4.67. The lowest BCUT2D eigenvalue weighted by molar-refractivity contribution is -0.116. The van der Waals surface area contributed by atoms with Gasteiger partial charge in [-0.1, -0.05) is 36.4 Å². The highest BCUT2D eigenvalue weighted by Crippen LogP contribution is 2.31. The Morgan fingerprint density at radius 2 is 1.66 bits per heavy atom. The van der Waals surface area contributed by atoms with Crippen LogP contribution in [-0.2, 0) is 4.79 Å². The van der Waals surface area contributed by atoms with E-state index in [4.69, 9.17) is 19.2 Å². The standard InChI is InChI=1S/C29H30N4O5/c1-5-32(28(35)21-12-9-13-23(16-21)36-2)19-27(34)31-29-30-24(20-10-7-6-8-11-20)18-33(29)22-14-15-25(37-3)26(17-22)38-4/h6-18H,5,19H2,1-4H3,(H,30,31,34). The lowest BCUT2D eigenvalue weighted by Gasteiger charge is -2.20. The van der Waals surface area contributed by atoms with Gasteiger partial charge in [-0.3, -0.25) is 19.5 Å². The summed E-state index contributed by atoms with van der Waals surface area (Å²) in [6.45, 7) is 2.03. The number of ether oxygens (including phenoxy) is 3. The Bertz CT molecular complexity index is 1420. The van der Waals surface area contributed by atoms with E-state index < -0.39 is 0 Å². The Hall–Kier alpha value is -4.79. The van der Waals surface area contributed by atoms with Crippen molar-refractivity contribution >= 4 is 17.8 Å². The van der Waals surface area contributed by atoms with Gasteiger partial charge in [0.25, 0.3) is 5.91 Å². The molecule has 0 spiro atoms. The minimum atomic E-state index is -0.380. The third-order valence-electron chi connectivity index (χ3n) is 5.99. The van der Waals surface area contributed by atoms with Crippen molar-refractivity contribution in [2.24, 2.45) is 0 Å². The lowest BCUT2D eigenvalue weighted by Crippen LogP contribution is -2.38. The maximum Gasteiger partial charge on any atom is 0.254 e. The van der Waals surface area contributed by atoms with Crippen LogP contribution in [0.25, 0.3) is 16.9 Å².